The zero-order valence-corrected chi connectivity index (χ0v) is 31.6. The molecule has 1 amide bonds. The van der Waals surface area contributed by atoms with Gasteiger partial charge in [-0.3, -0.25) is 9.59 Å². The molecule has 0 fully saturated rings. The number of esters is 1. The number of carboxylic acids is 1. The van der Waals surface area contributed by atoms with Gasteiger partial charge in [0.25, 0.3) is 0 Å². The van der Waals surface area contributed by atoms with Crippen molar-refractivity contribution in [3.63, 3.8) is 0 Å². The van der Waals surface area contributed by atoms with Gasteiger partial charge in [0.1, 0.15) is 12.1 Å². The third-order valence-corrected chi connectivity index (χ3v) is 9.32. The molecule has 0 radical (unpaired) electrons. The Hall–Kier alpha value is -1.89. The Morgan fingerprint density at radius 3 is 1.56 bits per heavy atom. The number of amides is 1. The number of nitrogens with two attached hydrogens (primary N) is 1. The summed E-state index contributed by atoms with van der Waals surface area (Å²) in [5.74, 6) is -1.32. The smallest absolute Gasteiger partial charge is 0.326 e. The molecule has 4 N–H and O–H groups in total. The number of unbranched alkanes of at least 4 members (excludes halogenated alkanes) is 23. The van der Waals surface area contributed by atoms with Crippen molar-refractivity contribution < 1.29 is 24.2 Å². The standard InChI is InChI=1S/C41H78N2O5/c1-3-5-7-9-11-13-14-15-16-17-18-19-21-23-29-35-40(45)48-37(31-26-22-20-12-10-8-6-4-2)32-27-24-25-28-34-39(44)43-38(41(46)47)33-30-36-42/h26,31,37-38H,3-25,27-30,32-36,42H2,1-2H3,(H,43,44)(H,46,47)/b31-26-. The average molecular weight is 679 g/mol. The van der Waals surface area contributed by atoms with Crippen LogP contribution < -0.4 is 11.1 Å². The normalized spacial score (nSPS) is 12.7. The fourth-order valence-corrected chi connectivity index (χ4v) is 6.18. The summed E-state index contributed by atoms with van der Waals surface area (Å²) in [6.45, 7) is 4.92. The highest BCUT2D eigenvalue weighted by Crippen LogP contribution is 2.16. The SMILES string of the molecule is CCCCCCCC/C=C\C(CCCCCCC(=O)NC(CCCN)C(=O)O)OC(=O)CCCCCCCCCCCCCCCCC. The largest absolute Gasteiger partial charge is 0.480 e. The maximum atomic E-state index is 12.7. The van der Waals surface area contributed by atoms with E-state index in [4.69, 9.17) is 10.5 Å². The van der Waals surface area contributed by atoms with E-state index in [1.54, 1.807) is 0 Å². The van der Waals surface area contributed by atoms with Gasteiger partial charge in [0.15, 0.2) is 0 Å². The molecule has 2 atom stereocenters. The summed E-state index contributed by atoms with van der Waals surface area (Å²) in [5.41, 5.74) is 5.47. The van der Waals surface area contributed by atoms with Crippen molar-refractivity contribution in [1.82, 2.24) is 5.32 Å². The lowest BCUT2D eigenvalue weighted by molar-refractivity contribution is -0.147. The lowest BCUT2D eigenvalue weighted by Crippen LogP contribution is -2.40. The quantitative estimate of drug-likeness (QED) is 0.0342. The van der Waals surface area contributed by atoms with Crippen LogP contribution in [0.5, 0.6) is 0 Å². The number of hydrogen-bond donors (Lipinski definition) is 3. The number of hydrogen-bond acceptors (Lipinski definition) is 5. The summed E-state index contributed by atoms with van der Waals surface area (Å²) in [5, 5.41) is 11.9. The van der Waals surface area contributed by atoms with Gasteiger partial charge in [0.05, 0.1) is 0 Å². The van der Waals surface area contributed by atoms with Crippen molar-refractivity contribution >= 4 is 17.8 Å². The summed E-state index contributed by atoms with van der Waals surface area (Å²) >= 11 is 0. The molecule has 0 aliphatic carbocycles. The number of aliphatic carboxylic acids is 1. The second kappa shape index (κ2) is 36.4. The zero-order chi connectivity index (χ0) is 35.3. The molecule has 0 rings (SSSR count). The van der Waals surface area contributed by atoms with Crippen LogP contribution in [0, 0.1) is 0 Å². The molecule has 0 saturated carbocycles. The number of carbonyl (C=O) groups is 3. The van der Waals surface area contributed by atoms with Crippen LogP contribution in [0.2, 0.25) is 0 Å². The molecule has 48 heavy (non-hydrogen) atoms. The van der Waals surface area contributed by atoms with Gasteiger partial charge in [0.2, 0.25) is 5.91 Å². The lowest BCUT2D eigenvalue weighted by Gasteiger charge is -2.15. The van der Waals surface area contributed by atoms with Crippen molar-refractivity contribution in [3.8, 4) is 0 Å². The first-order valence-electron chi connectivity index (χ1n) is 20.5. The van der Waals surface area contributed by atoms with E-state index in [9.17, 15) is 19.5 Å². The molecule has 7 heteroatoms. The van der Waals surface area contributed by atoms with Crippen LogP contribution in [0.4, 0.5) is 0 Å². The summed E-state index contributed by atoms with van der Waals surface area (Å²) in [6.07, 6.45) is 38.4. The van der Waals surface area contributed by atoms with E-state index in [-0.39, 0.29) is 18.0 Å². The number of rotatable bonds is 37. The van der Waals surface area contributed by atoms with Gasteiger partial charge in [-0.2, -0.15) is 0 Å². The maximum Gasteiger partial charge on any atom is 0.326 e. The zero-order valence-electron chi connectivity index (χ0n) is 31.6. The molecule has 0 bridgehead atoms. The van der Waals surface area contributed by atoms with E-state index in [1.807, 2.05) is 0 Å². The minimum Gasteiger partial charge on any atom is -0.480 e. The summed E-state index contributed by atoms with van der Waals surface area (Å²) in [7, 11) is 0. The molecule has 0 aromatic heterocycles. The number of nitrogens with one attached hydrogen (secondary N) is 1. The van der Waals surface area contributed by atoms with Crippen LogP contribution in [0.3, 0.4) is 0 Å². The van der Waals surface area contributed by atoms with Gasteiger partial charge in [0, 0.05) is 12.8 Å². The number of carboxylic acid groups (broad SMARTS) is 1. The minimum absolute atomic E-state index is 0.0850. The Kier molecular flexibility index (Phi) is 35.0. The molecule has 0 aromatic rings. The predicted octanol–water partition coefficient (Wildman–Crippen LogP) is 11.1. The lowest BCUT2D eigenvalue weighted by atomic mass is 10.0. The number of allylic oxidation sites excluding steroid dienone is 1. The first-order valence-corrected chi connectivity index (χ1v) is 20.5. The van der Waals surface area contributed by atoms with Crippen LogP contribution in [-0.2, 0) is 19.1 Å². The van der Waals surface area contributed by atoms with Crippen molar-refractivity contribution in [2.45, 2.75) is 225 Å². The number of carbonyl (C=O) groups excluding carboxylic acids is 2. The Balaban J connectivity index is 4.25. The predicted molar refractivity (Wildman–Crippen MR) is 202 cm³/mol. The van der Waals surface area contributed by atoms with Crippen LogP contribution >= 0.6 is 0 Å². The molecule has 282 valence electrons. The van der Waals surface area contributed by atoms with Crippen LogP contribution in [0.1, 0.15) is 213 Å². The topological polar surface area (TPSA) is 119 Å². The maximum absolute atomic E-state index is 12.7. The van der Waals surface area contributed by atoms with Crippen LogP contribution in [0.15, 0.2) is 12.2 Å². The van der Waals surface area contributed by atoms with E-state index in [0.717, 1.165) is 44.9 Å². The van der Waals surface area contributed by atoms with Crippen molar-refractivity contribution in [3.05, 3.63) is 12.2 Å². The molecule has 0 aromatic carbocycles. The van der Waals surface area contributed by atoms with Gasteiger partial charge in [-0.05, 0) is 64.0 Å². The molecular formula is C41H78N2O5. The highest BCUT2D eigenvalue weighted by atomic mass is 16.5. The van der Waals surface area contributed by atoms with E-state index >= 15 is 0 Å². The molecule has 0 saturated heterocycles. The van der Waals surface area contributed by atoms with Gasteiger partial charge < -0.3 is 20.9 Å². The van der Waals surface area contributed by atoms with E-state index in [2.05, 4.69) is 31.3 Å². The molecule has 7 nitrogen and oxygen atoms in total. The van der Waals surface area contributed by atoms with Crippen molar-refractivity contribution in [2.75, 3.05) is 6.54 Å². The second-order valence-electron chi connectivity index (χ2n) is 14.1. The van der Waals surface area contributed by atoms with E-state index < -0.39 is 12.0 Å². The van der Waals surface area contributed by atoms with E-state index in [1.165, 1.54) is 122 Å². The first kappa shape index (κ1) is 46.1. The van der Waals surface area contributed by atoms with Gasteiger partial charge >= 0.3 is 11.9 Å². The molecule has 0 heterocycles. The Morgan fingerprint density at radius 1 is 0.604 bits per heavy atom. The summed E-state index contributed by atoms with van der Waals surface area (Å²) < 4.78 is 5.92. The van der Waals surface area contributed by atoms with Crippen LogP contribution in [0.25, 0.3) is 0 Å². The highest BCUT2D eigenvalue weighted by Gasteiger charge is 2.19. The first-order chi connectivity index (χ1) is 23.4. The Morgan fingerprint density at radius 2 is 1.06 bits per heavy atom. The average Bonchev–Trinajstić information content (AvgIpc) is 3.07. The summed E-state index contributed by atoms with van der Waals surface area (Å²) in [4.78, 5) is 36.2. The van der Waals surface area contributed by atoms with Gasteiger partial charge in [-0.1, -0.05) is 155 Å². The molecular weight excluding hydrogens is 600 g/mol. The van der Waals surface area contributed by atoms with Crippen LogP contribution in [-0.4, -0.2) is 41.6 Å². The minimum atomic E-state index is -1.01. The highest BCUT2D eigenvalue weighted by molar-refractivity contribution is 5.83. The Labute approximate surface area is 296 Å². The Bertz CT molecular complexity index is 772. The van der Waals surface area contributed by atoms with Crippen molar-refractivity contribution in [1.29, 1.82) is 0 Å². The summed E-state index contributed by atoms with van der Waals surface area (Å²) in [6, 6.07) is -0.867. The fourth-order valence-electron chi connectivity index (χ4n) is 6.18. The fraction of sp³-hybridized carbons (Fsp3) is 0.878. The van der Waals surface area contributed by atoms with E-state index in [0.29, 0.717) is 38.6 Å². The molecule has 0 aliphatic rings. The van der Waals surface area contributed by atoms with Gasteiger partial charge in [-0.25, -0.2) is 4.79 Å². The van der Waals surface area contributed by atoms with Crippen molar-refractivity contribution in [2.24, 2.45) is 5.73 Å². The molecule has 0 aliphatic heterocycles. The third-order valence-electron chi connectivity index (χ3n) is 9.32. The second-order valence-corrected chi connectivity index (χ2v) is 14.1. The monoisotopic (exact) mass is 679 g/mol. The molecule has 2 unspecified atom stereocenters. The number of ether oxygens (including phenoxy) is 1. The third kappa shape index (κ3) is 32.6. The van der Waals surface area contributed by atoms with Gasteiger partial charge in [-0.15, -0.1) is 0 Å². The molecule has 0 spiro atoms.